The van der Waals surface area contributed by atoms with Crippen LogP contribution < -0.4 is 5.73 Å². The topological polar surface area (TPSA) is 53.1 Å². The van der Waals surface area contributed by atoms with E-state index in [1.165, 1.54) is 0 Å². The van der Waals surface area contributed by atoms with E-state index in [-0.39, 0.29) is 11.3 Å². The Morgan fingerprint density at radius 1 is 1.42 bits per heavy atom. The van der Waals surface area contributed by atoms with Crippen LogP contribution in [-0.4, -0.2) is 23.8 Å². The van der Waals surface area contributed by atoms with Crippen LogP contribution in [0.15, 0.2) is 18.2 Å². The third-order valence-corrected chi connectivity index (χ3v) is 4.05. The van der Waals surface area contributed by atoms with Crippen LogP contribution in [0.1, 0.15) is 38.8 Å². The summed E-state index contributed by atoms with van der Waals surface area (Å²) in [7, 11) is 2.10. The fraction of sp³-hybridized carbons (Fsp3) is 0.533. The summed E-state index contributed by atoms with van der Waals surface area (Å²) in [5.74, 6) is 0.0462. The van der Waals surface area contributed by atoms with Crippen LogP contribution in [0.3, 0.4) is 0 Å². The summed E-state index contributed by atoms with van der Waals surface area (Å²) in [5, 5.41) is 8.07. The van der Waals surface area contributed by atoms with Gasteiger partial charge in [0.2, 0.25) is 0 Å². The molecule has 1 aromatic rings. The van der Waals surface area contributed by atoms with Gasteiger partial charge in [0.15, 0.2) is 0 Å². The van der Waals surface area contributed by atoms with E-state index in [1.807, 2.05) is 12.1 Å². The molecule has 4 heteroatoms. The first-order chi connectivity index (χ1) is 8.62. The lowest BCUT2D eigenvalue weighted by Gasteiger charge is -2.35. The van der Waals surface area contributed by atoms with E-state index < -0.39 is 0 Å². The molecule has 0 radical (unpaired) electrons. The molecule has 0 saturated heterocycles. The monoisotopic (exact) mass is 281 g/mol. The zero-order chi connectivity index (χ0) is 14.8. The number of hydrogen-bond acceptors (Lipinski definition) is 2. The molecule has 3 N–H and O–H groups in total. The Hall–Kier alpha value is -1.06. The first kappa shape index (κ1) is 16.0. The minimum Gasteiger partial charge on any atom is -0.384 e. The van der Waals surface area contributed by atoms with Gasteiger partial charge in [-0.15, -0.1) is 0 Å². The maximum Gasteiger partial charge on any atom is 0.122 e. The van der Waals surface area contributed by atoms with Gasteiger partial charge in [-0.3, -0.25) is 10.3 Å². The van der Waals surface area contributed by atoms with Crippen molar-refractivity contribution in [3.63, 3.8) is 0 Å². The molecular formula is C15H24ClN3. The quantitative estimate of drug-likeness (QED) is 0.656. The van der Waals surface area contributed by atoms with E-state index in [2.05, 4.69) is 39.6 Å². The Morgan fingerprint density at radius 3 is 2.42 bits per heavy atom. The molecule has 0 aliphatic heterocycles. The van der Waals surface area contributed by atoms with Gasteiger partial charge in [0.25, 0.3) is 0 Å². The number of benzene rings is 1. The van der Waals surface area contributed by atoms with Crippen LogP contribution in [0.4, 0.5) is 0 Å². The smallest absolute Gasteiger partial charge is 0.122 e. The van der Waals surface area contributed by atoms with Crippen molar-refractivity contribution >= 4 is 17.4 Å². The van der Waals surface area contributed by atoms with Crippen molar-refractivity contribution in [3.05, 3.63) is 34.3 Å². The molecule has 106 valence electrons. The molecule has 0 amide bonds. The molecule has 0 bridgehead atoms. The van der Waals surface area contributed by atoms with Crippen molar-refractivity contribution in [2.24, 2.45) is 11.1 Å². The summed E-state index contributed by atoms with van der Waals surface area (Å²) in [6, 6.07) is 6.00. The molecule has 0 aliphatic rings. The zero-order valence-corrected chi connectivity index (χ0v) is 13.2. The highest BCUT2D eigenvalue weighted by atomic mass is 35.5. The molecule has 19 heavy (non-hydrogen) atoms. The molecular weight excluding hydrogens is 258 g/mol. The van der Waals surface area contributed by atoms with Crippen molar-refractivity contribution in [3.8, 4) is 0 Å². The van der Waals surface area contributed by atoms with Crippen LogP contribution >= 0.6 is 11.6 Å². The second-order valence-corrected chi connectivity index (χ2v) is 6.58. The fourth-order valence-corrected chi connectivity index (χ4v) is 2.15. The Bertz CT molecular complexity index is 463. The van der Waals surface area contributed by atoms with E-state index in [0.717, 1.165) is 12.1 Å². The summed E-state index contributed by atoms with van der Waals surface area (Å²) in [5.41, 5.74) is 7.40. The lowest BCUT2D eigenvalue weighted by atomic mass is 9.87. The first-order valence-electron chi connectivity index (χ1n) is 6.46. The normalized spacial score (nSPS) is 13.6. The van der Waals surface area contributed by atoms with Crippen LogP contribution in [-0.2, 0) is 6.54 Å². The zero-order valence-electron chi connectivity index (χ0n) is 12.4. The number of amidine groups is 1. The molecule has 0 aliphatic carbocycles. The van der Waals surface area contributed by atoms with Gasteiger partial charge in [0.05, 0.1) is 0 Å². The van der Waals surface area contributed by atoms with Crippen LogP contribution in [0.2, 0.25) is 5.02 Å². The molecule has 0 spiro atoms. The molecule has 0 fully saturated rings. The Balaban J connectivity index is 2.86. The van der Waals surface area contributed by atoms with E-state index in [9.17, 15) is 0 Å². The molecule has 1 aromatic carbocycles. The Morgan fingerprint density at radius 2 is 2.00 bits per heavy atom. The number of nitrogens with zero attached hydrogens (tertiary/aromatic N) is 1. The molecule has 3 nitrogen and oxygen atoms in total. The molecule has 0 aromatic heterocycles. The van der Waals surface area contributed by atoms with Crippen LogP contribution in [0, 0.1) is 10.8 Å². The van der Waals surface area contributed by atoms with Crippen molar-refractivity contribution in [2.45, 2.75) is 40.3 Å². The van der Waals surface area contributed by atoms with Crippen LogP contribution in [0.5, 0.6) is 0 Å². The van der Waals surface area contributed by atoms with Crippen molar-refractivity contribution in [2.75, 3.05) is 7.05 Å². The van der Waals surface area contributed by atoms with Gasteiger partial charge in [0.1, 0.15) is 5.84 Å². The average Bonchev–Trinajstić information content (AvgIpc) is 2.29. The Kier molecular flexibility index (Phi) is 4.99. The maximum atomic E-state index is 7.40. The first-order valence-corrected chi connectivity index (χ1v) is 6.83. The molecule has 1 rings (SSSR count). The average molecular weight is 282 g/mol. The van der Waals surface area contributed by atoms with Gasteiger partial charge in [0, 0.05) is 23.2 Å². The van der Waals surface area contributed by atoms with Gasteiger partial charge < -0.3 is 5.73 Å². The lowest BCUT2D eigenvalue weighted by Crippen LogP contribution is -2.38. The number of nitrogens with two attached hydrogens (primary N) is 1. The summed E-state index contributed by atoms with van der Waals surface area (Å²) in [4.78, 5) is 2.29. The number of rotatable bonds is 4. The Labute approximate surface area is 121 Å². The second-order valence-electron chi connectivity index (χ2n) is 6.18. The van der Waals surface area contributed by atoms with Gasteiger partial charge in [-0.1, -0.05) is 44.5 Å². The molecule has 1 unspecified atom stereocenters. The number of nitrogens with one attached hydrogen (secondary N) is 1. The van der Waals surface area contributed by atoms with E-state index in [0.29, 0.717) is 16.6 Å². The highest BCUT2D eigenvalue weighted by Crippen LogP contribution is 2.26. The third-order valence-electron chi connectivity index (χ3n) is 3.70. The van der Waals surface area contributed by atoms with Crippen LogP contribution in [0.25, 0.3) is 0 Å². The molecule has 1 atom stereocenters. The summed E-state index contributed by atoms with van der Waals surface area (Å²) in [6.07, 6.45) is 0. The lowest BCUT2D eigenvalue weighted by molar-refractivity contribution is 0.135. The number of nitrogen functional groups attached to an aromatic ring is 1. The van der Waals surface area contributed by atoms with Crippen molar-refractivity contribution in [1.29, 1.82) is 5.41 Å². The number of halogens is 1. The van der Waals surface area contributed by atoms with E-state index >= 15 is 0 Å². The van der Waals surface area contributed by atoms with E-state index in [4.69, 9.17) is 22.7 Å². The maximum absolute atomic E-state index is 7.40. The predicted octanol–water partition coefficient (Wildman–Crippen LogP) is 3.49. The van der Waals surface area contributed by atoms with Crippen molar-refractivity contribution < 1.29 is 0 Å². The highest BCUT2D eigenvalue weighted by Gasteiger charge is 2.24. The minimum absolute atomic E-state index is 0.0462. The predicted molar refractivity (Wildman–Crippen MR) is 82.9 cm³/mol. The molecule has 0 saturated carbocycles. The standard InChI is InChI=1S/C15H24ClN3/c1-10(15(2,3)4)19(5)9-12-7-6-11(14(17)18)8-13(12)16/h6-8,10H,9H2,1-5H3,(H3,17,18). The van der Waals surface area contributed by atoms with E-state index in [1.54, 1.807) is 6.07 Å². The number of hydrogen-bond donors (Lipinski definition) is 2. The van der Waals surface area contributed by atoms with Gasteiger partial charge in [-0.25, -0.2) is 0 Å². The van der Waals surface area contributed by atoms with Crippen molar-refractivity contribution in [1.82, 2.24) is 4.90 Å². The SMILES string of the molecule is CC(N(C)Cc1ccc(C(=N)N)cc1Cl)C(C)(C)C. The summed E-state index contributed by atoms with van der Waals surface area (Å²) >= 11 is 6.26. The van der Waals surface area contributed by atoms with Gasteiger partial charge in [-0.2, -0.15) is 0 Å². The summed E-state index contributed by atoms with van der Waals surface area (Å²) < 4.78 is 0. The highest BCUT2D eigenvalue weighted by molar-refractivity contribution is 6.31. The largest absolute Gasteiger partial charge is 0.384 e. The second kappa shape index (κ2) is 5.93. The fourth-order valence-electron chi connectivity index (χ4n) is 1.91. The third kappa shape index (κ3) is 4.22. The minimum atomic E-state index is 0.0462. The van der Waals surface area contributed by atoms with Gasteiger partial charge >= 0.3 is 0 Å². The van der Waals surface area contributed by atoms with Gasteiger partial charge in [-0.05, 0) is 31.0 Å². The summed E-state index contributed by atoms with van der Waals surface area (Å²) in [6.45, 7) is 9.70. The molecule has 0 heterocycles.